The molecule has 2 rings (SSSR count). The van der Waals surface area contributed by atoms with Crippen molar-refractivity contribution in [2.45, 2.75) is 32.2 Å². The van der Waals surface area contributed by atoms with Gasteiger partial charge in [0.2, 0.25) is 5.91 Å². The van der Waals surface area contributed by atoms with Gasteiger partial charge in [-0.15, -0.1) is 12.4 Å². The van der Waals surface area contributed by atoms with Gasteiger partial charge in [0.25, 0.3) is 0 Å². The van der Waals surface area contributed by atoms with Crippen LogP contribution in [0.3, 0.4) is 0 Å². The first-order valence-electron chi connectivity index (χ1n) is 7.29. The van der Waals surface area contributed by atoms with Crippen molar-refractivity contribution in [3.05, 3.63) is 35.6 Å². The van der Waals surface area contributed by atoms with Crippen molar-refractivity contribution in [3.8, 4) is 0 Å². The van der Waals surface area contributed by atoms with Crippen LogP contribution in [0.1, 0.15) is 25.3 Å². The van der Waals surface area contributed by atoms with Crippen LogP contribution in [-0.2, 0) is 11.2 Å². The van der Waals surface area contributed by atoms with Crippen LogP contribution >= 0.6 is 12.4 Å². The lowest BCUT2D eigenvalue weighted by Gasteiger charge is -2.33. The number of carbonyl (C=O) groups excluding carboxylic acids is 1. The molecule has 0 spiro atoms. The van der Waals surface area contributed by atoms with Crippen LogP contribution < -0.4 is 5.32 Å². The number of piperidine rings is 1. The molecular formula is C16H24ClFN2O. The Labute approximate surface area is 132 Å². The van der Waals surface area contributed by atoms with Gasteiger partial charge in [-0.25, -0.2) is 4.39 Å². The van der Waals surface area contributed by atoms with Gasteiger partial charge in [0, 0.05) is 19.0 Å². The molecule has 1 saturated heterocycles. The molecule has 1 fully saturated rings. The molecule has 1 unspecified atom stereocenters. The zero-order chi connectivity index (χ0) is 14.5. The quantitative estimate of drug-likeness (QED) is 0.926. The van der Waals surface area contributed by atoms with Gasteiger partial charge in [-0.05, 0) is 50.0 Å². The average molecular weight is 315 g/mol. The molecular weight excluding hydrogens is 291 g/mol. The van der Waals surface area contributed by atoms with Gasteiger partial charge in [0.15, 0.2) is 0 Å². The molecule has 0 bridgehead atoms. The van der Waals surface area contributed by atoms with E-state index < -0.39 is 0 Å². The van der Waals surface area contributed by atoms with Gasteiger partial charge >= 0.3 is 0 Å². The Balaban J connectivity index is 0.00000220. The molecule has 1 heterocycles. The molecule has 21 heavy (non-hydrogen) atoms. The first kappa shape index (κ1) is 17.9. The van der Waals surface area contributed by atoms with Gasteiger partial charge in [0.05, 0.1) is 0 Å². The molecule has 1 aromatic rings. The van der Waals surface area contributed by atoms with E-state index in [0.29, 0.717) is 12.5 Å². The van der Waals surface area contributed by atoms with E-state index >= 15 is 0 Å². The largest absolute Gasteiger partial charge is 0.342 e. The van der Waals surface area contributed by atoms with E-state index in [1.54, 1.807) is 6.07 Å². The normalized spacial score (nSPS) is 16.9. The lowest BCUT2D eigenvalue weighted by Crippen LogP contribution is -2.45. The van der Waals surface area contributed by atoms with E-state index in [2.05, 4.69) is 5.32 Å². The predicted molar refractivity (Wildman–Crippen MR) is 85.2 cm³/mol. The van der Waals surface area contributed by atoms with Gasteiger partial charge in [-0.3, -0.25) is 4.79 Å². The third kappa shape index (κ3) is 4.97. The second-order valence-electron chi connectivity index (χ2n) is 5.67. The highest BCUT2D eigenvalue weighted by atomic mass is 35.5. The SMILES string of the molecule is CC(Cc1cccc(F)c1)C(=O)N(C)C1CCNCC1.Cl. The van der Waals surface area contributed by atoms with Crippen molar-refractivity contribution in [2.24, 2.45) is 5.92 Å². The van der Waals surface area contributed by atoms with Crippen LogP contribution in [0.5, 0.6) is 0 Å². The van der Waals surface area contributed by atoms with Crippen LogP contribution in [0, 0.1) is 11.7 Å². The fourth-order valence-corrected chi connectivity index (χ4v) is 2.83. The highest BCUT2D eigenvalue weighted by molar-refractivity contribution is 5.85. The van der Waals surface area contributed by atoms with Gasteiger partial charge in [-0.1, -0.05) is 19.1 Å². The van der Waals surface area contributed by atoms with Gasteiger partial charge in [0.1, 0.15) is 5.82 Å². The summed E-state index contributed by atoms with van der Waals surface area (Å²) in [6, 6.07) is 6.83. The Hall–Kier alpha value is -1.13. The van der Waals surface area contributed by atoms with Crippen molar-refractivity contribution >= 4 is 18.3 Å². The molecule has 0 saturated carbocycles. The molecule has 1 aromatic carbocycles. The van der Waals surface area contributed by atoms with Crippen molar-refractivity contribution in [3.63, 3.8) is 0 Å². The average Bonchev–Trinajstić information content (AvgIpc) is 2.46. The maximum Gasteiger partial charge on any atom is 0.225 e. The lowest BCUT2D eigenvalue weighted by atomic mass is 9.97. The Kier molecular flexibility index (Phi) is 7.12. The highest BCUT2D eigenvalue weighted by Gasteiger charge is 2.25. The highest BCUT2D eigenvalue weighted by Crippen LogP contribution is 2.16. The molecule has 118 valence electrons. The fraction of sp³-hybridized carbons (Fsp3) is 0.562. The minimum Gasteiger partial charge on any atom is -0.342 e. The maximum atomic E-state index is 13.2. The number of hydrogen-bond acceptors (Lipinski definition) is 2. The van der Waals surface area contributed by atoms with Crippen LogP contribution in [-0.4, -0.2) is 37.0 Å². The summed E-state index contributed by atoms with van der Waals surface area (Å²) in [4.78, 5) is 14.3. The third-order valence-corrected chi connectivity index (χ3v) is 4.06. The molecule has 1 amide bonds. The molecule has 5 heteroatoms. The van der Waals surface area contributed by atoms with Crippen LogP contribution in [0.4, 0.5) is 4.39 Å². The van der Waals surface area contributed by atoms with Crippen molar-refractivity contribution < 1.29 is 9.18 Å². The van der Waals surface area contributed by atoms with E-state index in [1.807, 2.05) is 24.9 Å². The minimum atomic E-state index is -0.242. The first-order chi connectivity index (χ1) is 9.58. The van der Waals surface area contributed by atoms with Crippen LogP contribution in [0.2, 0.25) is 0 Å². The van der Waals surface area contributed by atoms with Crippen LogP contribution in [0.15, 0.2) is 24.3 Å². The molecule has 3 nitrogen and oxygen atoms in total. The predicted octanol–water partition coefficient (Wildman–Crippen LogP) is 2.64. The molecule has 0 aliphatic carbocycles. The van der Waals surface area contributed by atoms with Crippen molar-refractivity contribution in [1.29, 1.82) is 0 Å². The zero-order valence-electron chi connectivity index (χ0n) is 12.6. The molecule has 0 radical (unpaired) electrons. The van der Waals surface area contributed by atoms with E-state index in [-0.39, 0.29) is 30.0 Å². The van der Waals surface area contributed by atoms with E-state index in [0.717, 1.165) is 31.5 Å². The summed E-state index contributed by atoms with van der Waals surface area (Å²) in [5, 5.41) is 3.30. The summed E-state index contributed by atoms with van der Waals surface area (Å²) < 4.78 is 13.2. The number of rotatable bonds is 4. The summed E-state index contributed by atoms with van der Waals surface area (Å²) in [5.41, 5.74) is 0.879. The molecule has 1 aliphatic heterocycles. The number of nitrogens with zero attached hydrogens (tertiary/aromatic N) is 1. The Morgan fingerprint density at radius 3 is 2.71 bits per heavy atom. The zero-order valence-corrected chi connectivity index (χ0v) is 13.5. The standard InChI is InChI=1S/C16H23FN2O.ClH/c1-12(10-13-4-3-5-14(17)11-13)16(20)19(2)15-6-8-18-9-7-15;/h3-5,11-12,15,18H,6-10H2,1-2H3;1H. The maximum absolute atomic E-state index is 13.2. The summed E-state index contributed by atoms with van der Waals surface area (Å²) >= 11 is 0. The number of nitrogens with one attached hydrogen (secondary N) is 1. The van der Waals surface area contributed by atoms with E-state index in [1.165, 1.54) is 12.1 Å². The number of benzene rings is 1. The third-order valence-electron chi connectivity index (χ3n) is 4.06. The Morgan fingerprint density at radius 2 is 2.10 bits per heavy atom. The monoisotopic (exact) mass is 314 g/mol. The summed E-state index contributed by atoms with van der Waals surface area (Å²) in [7, 11) is 1.89. The second-order valence-corrected chi connectivity index (χ2v) is 5.67. The smallest absolute Gasteiger partial charge is 0.225 e. The number of halogens is 2. The van der Waals surface area contributed by atoms with Crippen molar-refractivity contribution in [2.75, 3.05) is 20.1 Å². The van der Waals surface area contributed by atoms with Crippen molar-refractivity contribution in [1.82, 2.24) is 10.2 Å². The van der Waals surface area contributed by atoms with Crippen LogP contribution in [0.25, 0.3) is 0 Å². The first-order valence-corrected chi connectivity index (χ1v) is 7.29. The lowest BCUT2D eigenvalue weighted by molar-refractivity contribution is -0.136. The number of amides is 1. The minimum absolute atomic E-state index is 0. The van der Waals surface area contributed by atoms with E-state index in [9.17, 15) is 9.18 Å². The molecule has 1 atom stereocenters. The molecule has 1 aliphatic rings. The second kappa shape index (κ2) is 8.35. The Bertz CT molecular complexity index is 463. The summed E-state index contributed by atoms with van der Waals surface area (Å²) in [6.45, 7) is 3.87. The van der Waals surface area contributed by atoms with Gasteiger partial charge in [-0.2, -0.15) is 0 Å². The van der Waals surface area contributed by atoms with E-state index in [4.69, 9.17) is 0 Å². The summed E-state index contributed by atoms with van der Waals surface area (Å²) in [6.07, 6.45) is 2.61. The Morgan fingerprint density at radius 1 is 1.43 bits per heavy atom. The number of carbonyl (C=O) groups is 1. The molecule has 0 aromatic heterocycles. The fourth-order valence-electron chi connectivity index (χ4n) is 2.83. The summed E-state index contributed by atoms with van der Waals surface area (Å²) in [5.74, 6) is -0.202. The number of hydrogen-bond donors (Lipinski definition) is 1. The topological polar surface area (TPSA) is 32.3 Å². The molecule has 1 N–H and O–H groups in total. The van der Waals surface area contributed by atoms with Gasteiger partial charge < -0.3 is 10.2 Å².